The van der Waals surface area contributed by atoms with Crippen molar-refractivity contribution in [2.45, 2.75) is 323 Å². The molecule has 0 heterocycles. The van der Waals surface area contributed by atoms with Crippen molar-refractivity contribution in [2.24, 2.45) is 40.9 Å². The van der Waals surface area contributed by atoms with Crippen LogP contribution in [0.4, 0.5) is 0 Å². The number of aryl methyl sites for hydroxylation is 1. The number of allylic oxidation sites excluding steroid dienone is 10. The second-order valence-corrected chi connectivity index (χ2v) is 28.9. The van der Waals surface area contributed by atoms with Gasteiger partial charge in [-0.05, 0) is 284 Å². The van der Waals surface area contributed by atoms with Gasteiger partial charge in [0.2, 0.25) is 0 Å². The third-order valence-electron chi connectivity index (χ3n) is 20.9. The molecule has 0 amide bonds. The summed E-state index contributed by atoms with van der Waals surface area (Å²) in [6.45, 7) is 43.5. The van der Waals surface area contributed by atoms with Crippen LogP contribution in [-0.2, 0) is 22.4 Å². The van der Waals surface area contributed by atoms with Gasteiger partial charge in [-0.25, -0.2) is 0 Å². The molecule has 3 rings (SSSR count). The molecular weight excluding hydrogens is 1040 g/mol. The highest BCUT2D eigenvalue weighted by molar-refractivity contribution is 5.71. The Balaban J connectivity index is 2.18. The third kappa shape index (κ3) is 25.2. The molecule has 0 aliphatic heterocycles. The summed E-state index contributed by atoms with van der Waals surface area (Å²) in [5, 5.41) is 36.6. The molecule has 6 heteroatoms. The number of methoxy groups -OCH3 is 1. The summed E-state index contributed by atoms with van der Waals surface area (Å²) < 4.78 is 12.2. The minimum atomic E-state index is -0.809. The van der Waals surface area contributed by atoms with Gasteiger partial charge < -0.3 is 24.8 Å². The molecule has 0 bridgehead atoms. The van der Waals surface area contributed by atoms with Gasteiger partial charge in [-0.3, -0.25) is 4.79 Å². The van der Waals surface area contributed by atoms with Crippen molar-refractivity contribution in [2.75, 3.05) is 13.7 Å². The highest BCUT2D eigenvalue weighted by atomic mass is 16.5. The number of rotatable bonds is 40. The molecule has 3 N–H and O–H groups in total. The Bertz CT molecular complexity index is 2430. The molecule has 0 fully saturated rings. The number of carbonyl (C=O) groups excluding carboxylic acids is 1. The van der Waals surface area contributed by atoms with Crippen LogP contribution in [0.2, 0.25) is 0 Å². The van der Waals surface area contributed by atoms with Crippen molar-refractivity contribution >= 4 is 5.97 Å². The van der Waals surface area contributed by atoms with Crippen LogP contribution in [0.15, 0.2) is 86.1 Å². The van der Waals surface area contributed by atoms with Gasteiger partial charge in [0.1, 0.15) is 12.4 Å². The molecule has 2 aliphatic rings. The number of esters is 1. The normalized spacial score (nSPS) is 22.2. The molecule has 10 unspecified atom stereocenters. The van der Waals surface area contributed by atoms with E-state index in [1.807, 2.05) is 13.8 Å². The maximum Gasteiger partial charge on any atom is 0.308 e. The van der Waals surface area contributed by atoms with E-state index in [4.69, 9.17) is 9.47 Å². The first-order valence-corrected chi connectivity index (χ1v) is 34.8. The van der Waals surface area contributed by atoms with Gasteiger partial charge >= 0.3 is 5.97 Å². The number of carbonyl (C=O) groups is 1. The van der Waals surface area contributed by atoms with Crippen LogP contribution in [0.25, 0.3) is 0 Å². The van der Waals surface area contributed by atoms with Gasteiger partial charge in [-0.15, -0.1) is 0 Å². The first kappa shape index (κ1) is 75.8. The van der Waals surface area contributed by atoms with Crippen molar-refractivity contribution < 1.29 is 29.6 Å². The average Bonchev–Trinajstić information content (AvgIpc) is 3.06. The summed E-state index contributed by atoms with van der Waals surface area (Å²) >= 11 is 0. The van der Waals surface area contributed by atoms with Gasteiger partial charge in [-0.1, -0.05) is 152 Å². The lowest BCUT2D eigenvalue weighted by Gasteiger charge is -2.44. The topological polar surface area (TPSA) is 96.2 Å². The zero-order chi connectivity index (χ0) is 63.6. The highest BCUT2D eigenvalue weighted by Gasteiger charge is 2.41. The summed E-state index contributed by atoms with van der Waals surface area (Å²) in [6.07, 6.45) is 35.3. The van der Waals surface area contributed by atoms with E-state index in [9.17, 15) is 20.1 Å². The zero-order valence-corrected chi connectivity index (χ0v) is 58.9. The van der Waals surface area contributed by atoms with E-state index in [-0.39, 0.29) is 29.1 Å². The number of aliphatic hydroxyl groups is 3. The molecule has 1 aromatic carbocycles. The highest BCUT2D eigenvalue weighted by Crippen LogP contribution is 2.51. The predicted molar refractivity (Wildman–Crippen MR) is 366 cm³/mol. The second-order valence-electron chi connectivity index (χ2n) is 28.9. The first-order chi connectivity index (χ1) is 40.1. The molecule has 0 saturated heterocycles. The van der Waals surface area contributed by atoms with E-state index >= 15 is 0 Å². The zero-order valence-electron chi connectivity index (χ0n) is 58.9. The van der Waals surface area contributed by atoms with Gasteiger partial charge in [-0.2, -0.15) is 0 Å². The monoisotopic (exact) mass is 1180 g/mol. The van der Waals surface area contributed by atoms with Crippen molar-refractivity contribution in [3.05, 3.63) is 108 Å². The molecule has 6 nitrogen and oxygen atoms in total. The van der Waals surface area contributed by atoms with E-state index in [0.29, 0.717) is 50.0 Å². The van der Waals surface area contributed by atoms with Crippen LogP contribution in [0.5, 0.6) is 5.75 Å². The third-order valence-corrected chi connectivity index (χ3v) is 20.9. The number of hydrogen-bond donors (Lipinski definition) is 3. The smallest absolute Gasteiger partial charge is 0.308 e. The summed E-state index contributed by atoms with van der Waals surface area (Å²) in [4.78, 5) is 12.1. The van der Waals surface area contributed by atoms with Gasteiger partial charge in [0.25, 0.3) is 0 Å². The number of aliphatic hydroxyl groups excluding tert-OH is 2. The maximum absolute atomic E-state index is 13.1. The SMILES string of the molecule is CCCC/C=C(/CCCC(C)(O)CCCC(C)C(=O)OC)COc1c(C)c(C)cc(CC2=C(C)C(CCC(C)CC/C=C(\C)CC)=C(CC3=C(C)C(C)(CCC(C)CC/C=C(\C)CCC)CC(O)C3C)C(O)C2C)c1CCC(C)CCC=C(C)C. The number of hydrogen-bond acceptors (Lipinski definition) is 6. The average molecular weight is 1180 g/mol. The van der Waals surface area contributed by atoms with E-state index in [1.54, 1.807) is 0 Å². The number of benzene rings is 1. The molecular formula is C79H132O6. The fourth-order valence-electron chi connectivity index (χ4n) is 13.8. The molecule has 0 aromatic heterocycles. The van der Waals surface area contributed by atoms with Crippen LogP contribution in [0, 0.1) is 54.8 Å². The fraction of sp³-hybridized carbons (Fsp3) is 0.734. The Kier molecular flexibility index (Phi) is 34.0. The Morgan fingerprint density at radius 3 is 1.94 bits per heavy atom. The van der Waals surface area contributed by atoms with E-state index in [2.05, 4.69) is 148 Å². The summed E-state index contributed by atoms with van der Waals surface area (Å²) in [5.74, 6) is 2.34. The quantitative estimate of drug-likeness (QED) is 0.0344. The van der Waals surface area contributed by atoms with Crippen LogP contribution in [0.1, 0.15) is 300 Å². The number of unbranched alkanes of at least 4 members (excludes halogenated alkanes) is 2. The van der Waals surface area contributed by atoms with E-state index in [0.717, 1.165) is 134 Å². The molecule has 1 aromatic rings. The molecule has 0 saturated carbocycles. The fourth-order valence-corrected chi connectivity index (χ4v) is 13.8. The molecule has 0 radical (unpaired) electrons. The first-order valence-electron chi connectivity index (χ1n) is 34.8. The van der Waals surface area contributed by atoms with E-state index < -0.39 is 17.8 Å². The van der Waals surface area contributed by atoms with Crippen LogP contribution in [-0.4, -0.2) is 52.8 Å². The van der Waals surface area contributed by atoms with Crippen LogP contribution < -0.4 is 4.74 Å². The molecule has 85 heavy (non-hydrogen) atoms. The van der Waals surface area contributed by atoms with E-state index in [1.165, 1.54) is 104 Å². The molecule has 484 valence electrons. The Morgan fingerprint density at radius 1 is 0.718 bits per heavy atom. The minimum Gasteiger partial charge on any atom is -0.489 e. The van der Waals surface area contributed by atoms with Crippen LogP contribution in [0.3, 0.4) is 0 Å². The van der Waals surface area contributed by atoms with Crippen LogP contribution >= 0.6 is 0 Å². The lowest BCUT2D eigenvalue weighted by molar-refractivity contribution is -0.145. The van der Waals surface area contributed by atoms with Crippen molar-refractivity contribution in [3.8, 4) is 5.75 Å². The standard InChI is InChI=1S/C79H132O6/c1-21-24-25-39-67(40-30-47-79(19,83)46-29-38-60(11)77(82)84-20)53-85-76-62(13)61(12)49-68(70(76)44-42-57(8)34-26-32-54(4)5)50-71-63(14)69(43-41-58(9)36-27-33-55(6)23-3)73(75(81)65(71)16)51-72-64(15)74(80)52-78(18,66(72)17)48-45-59(10)37-28-35-56(7)31-22-2/h32-33,35,39,49,57-60,64-65,74-75,80-81,83H,21-31,34,36-38,40-48,50-53H2,1-20H3/b55-33+,56-35+,67-39-. The van der Waals surface area contributed by atoms with Crippen molar-refractivity contribution in [1.29, 1.82) is 0 Å². The predicted octanol–water partition coefficient (Wildman–Crippen LogP) is 21.8. The molecule has 10 atom stereocenters. The summed E-state index contributed by atoms with van der Waals surface area (Å²) in [6, 6.07) is 2.45. The van der Waals surface area contributed by atoms with Crippen molar-refractivity contribution in [3.63, 3.8) is 0 Å². The summed E-state index contributed by atoms with van der Waals surface area (Å²) in [7, 11) is 1.44. The lowest BCUT2D eigenvalue weighted by Crippen LogP contribution is -2.38. The van der Waals surface area contributed by atoms with Crippen molar-refractivity contribution in [1.82, 2.24) is 0 Å². The largest absolute Gasteiger partial charge is 0.489 e. The maximum atomic E-state index is 13.1. The lowest BCUT2D eigenvalue weighted by atomic mass is 9.62. The number of ether oxygens (including phenoxy) is 2. The summed E-state index contributed by atoms with van der Waals surface area (Å²) in [5.41, 5.74) is 17.9. The minimum absolute atomic E-state index is 0.0313. The Morgan fingerprint density at radius 2 is 1.33 bits per heavy atom. The molecule has 0 spiro atoms. The van der Waals surface area contributed by atoms with Gasteiger partial charge in [0.05, 0.1) is 30.8 Å². The Hall–Kier alpha value is -3.45. The Labute approximate surface area is 524 Å². The van der Waals surface area contributed by atoms with Gasteiger partial charge in [0.15, 0.2) is 0 Å². The molecule has 2 aliphatic carbocycles. The second kappa shape index (κ2) is 38.2. The van der Waals surface area contributed by atoms with Gasteiger partial charge in [0, 0.05) is 11.8 Å².